The molecule has 0 spiro atoms. The molecule has 0 aliphatic carbocycles. The Morgan fingerprint density at radius 3 is 2.38 bits per heavy atom. The van der Waals surface area contributed by atoms with Crippen LogP contribution in [-0.2, 0) is 14.6 Å². The Kier molecular flexibility index (Phi) is 5.48. The molecule has 1 aliphatic rings. The van der Waals surface area contributed by atoms with E-state index in [2.05, 4.69) is 15.9 Å². The average molecular weight is 436 g/mol. The van der Waals surface area contributed by atoms with E-state index in [1.807, 2.05) is 43.3 Å². The van der Waals surface area contributed by atoms with Gasteiger partial charge in [-0.15, -0.1) is 0 Å². The van der Waals surface area contributed by atoms with Gasteiger partial charge in [0.1, 0.15) is 5.75 Å². The summed E-state index contributed by atoms with van der Waals surface area (Å²) in [6.45, 7) is 1.77. The second kappa shape index (κ2) is 7.63. The highest BCUT2D eigenvalue weighted by Crippen LogP contribution is 2.24. The van der Waals surface area contributed by atoms with Crippen LogP contribution in [-0.4, -0.2) is 32.7 Å². The molecule has 0 unspecified atom stereocenters. The van der Waals surface area contributed by atoms with Gasteiger partial charge in [0.15, 0.2) is 16.4 Å². The second-order valence-electron chi connectivity index (χ2n) is 6.07. The number of ether oxygens (including phenoxy) is 1. The van der Waals surface area contributed by atoms with E-state index < -0.39 is 15.9 Å². The Morgan fingerprint density at radius 1 is 1.15 bits per heavy atom. The molecule has 0 fully saturated rings. The maximum absolute atomic E-state index is 12.8. The number of benzene rings is 2. The first-order chi connectivity index (χ1) is 12.3. The lowest BCUT2D eigenvalue weighted by atomic mass is 10.1. The molecule has 3 rings (SSSR count). The number of amides is 1. The van der Waals surface area contributed by atoms with E-state index >= 15 is 0 Å². The Hall–Kier alpha value is -2.12. The second-order valence-corrected chi connectivity index (χ2v) is 8.91. The SMILES string of the molecule is Cc1ccc(N(C(=O)COc2ccc(Br)cc2)[C@H]2C=CS(=O)(=O)C2)cc1. The van der Waals surface area contributed by atoms with Crippen LogP contribution in [0.3, 0.4) is 0 Å². The number of halogens is 1. The zero-order valence-corrected chi connectivity index (χ0v) is 16.5. The fourth-order valence-electron chi connectivity index (χ4n) is 2.69. The summed E-state index contributed by atoms with van der Waals surface area (Å²) in [5.74, 6) is 0.147. The van der Waals surface area contributed by atoms with Crippen molar-refractivity contribution in [2.24, 2.45) is 0 Å². The third-order valence-electron chi connectivity index (χ3n) is 4.00. The van der Waals surface area contributed by atoms with Crippen molar-refractivity contribution < 1.29 is 17.9 Å². The zero-order valence-electron chi connectivity index (χ0n) is 14.1. The topological polar surface area (TPSA) is 63.7 Å². The van der Waals surface area contributed by atoms with Crippen molar-refractivity contribution in [3.8, 4) is 5.75 Å². The lowest BCUT2D eigenvalue weighted by molar-refractivity contribution is -0.120. The van der Waals surface area contributed by atoms with Crippen LogP contribution >= 0.6 is 15.9 Å². The van der Waals surface area contributed by atoms with E-state index in [-0.39, 0.29) is 18.3 Å². The average Bonchev–Trinajstić information content (AvgIpc) is 2.96. The number of rotatable bonds is 5. The molecule has 1 amide bonds. The molecule has 7 heteroatoms. The first kappa shape index (κ1) is 18.7. The number of sulfone groups is 1. The largest absolute Gasteiger partial charge is 0.484 e. The maximum atomic E-state index is 12.8. The molecule has 0 saturated heterocycles. The highest BCUT2D eigenvalue weighted by Gasteiger charge is 2.31. The summed E-state index contributed by atoms with van der Waals surface area (Å²) in [5, 5.41) is 1.17. The van der Waals surface area contributed by atoms with Crippen molar-refractivity contribution in [1.29, 1.82) is 0 Å². The number of carbonyl (C=O) groups excluding carboxylic acids is 1. The Morgan fingerprint density at radius 2 is 1.81 bits per heavy atom. The van der Waals surface area contributed by atoms with Crippen LogP contribution in [0.15, 0.2) is 64.5 Å². The smallest absolute Gasteiger partial charge is 0.265 e. The van der Waals surface area contributed by atoms with Crippen LogP contribution < -0.4 is 9.64 Å². The molecule has 5 nitrogen and oxygen atoms in total. The van der Waals surface area contributed by atoms with Crippen molar-refractivity contribution in [2.75, 3.05) is 17.3 Å². The lowest BCUT2D eigenvalue weighted by Gasteiger charge is -2.27. The standard InChI is InChI=1S/C19H18BrNO4S/c1-14-2-6-16(7-3-14)21(17-10-11-26(23,24)13-17)19(22)12-25-18-8-4-15(20)5-9-18/h2-11,17H,12-13H2,1H3/t17-/m0/s1. The van der Waals surface area contributed by atoms with Gasteiger partial charge in [-0.1, -0.05) is 33.6 Å². The summed E-state index contributed by atoms with van der Waals surface area (Å²) in [4.78, 5) is 14.3. The van der Waals surface area contributed by atoms with Crippen molar-refractivity contribution in [1.82, 2.24) is 0 Å². The molecule has 0 N–H and O–H groups in total. The summed E-state index contributed by atoms with van der Waals surface area (Å²) >= 11 is 3.35. The van der Waals surface area contributed by atoms with E-state index in [0.29, 0.717) is 11.4 Å². The van der Waals surface area contributed by atoms with Gasteiger partial charge in [-0.2, -0.15) is 0 Å². The van der Waals surface area contributed by atoms with Crippen molar-refractivity contribution in [3.05, 3.63) is 70.1 Å². The fourth-order valence-corrected chi connectivity index (χ4v) is 4.22. The summed E-state index contributed by atoms with van der Waals surface area (Å²) in [7, 11) is -3.28. The lowest BCUT2D eigenvalue weighted by Crippen LogP contribution is -2.43. The van der Waals surface area contributed by atoms with Crippen LogP contribution in [0.5, 0.6) is 5.75 Å². The number of carbonyl (C=O) groups is 1. The number of nitrogens with zero attached hydrogens (tertiary/aromatic N) is 1. The Balaban J connectivity index is 1.80. The molecule has 1 atom stereocenters. The molecule has 0 radical (unpaired) electrons. The third kappa shape index (κ3) is 4.53. The van der Waals surface area contributed by atoms with Crippen molar-refractivity contribution in [2.45, 2.75) is 13.0 Å². The van der Waals surface area contributed by atoms with Gasteiger partial charge in [-0.25, -0.2) is 8.42 Å². The van der Waals surface area contributed by atoms with Crippen LogP contribution in [0.2, 0.25) is 0 Å². The van der Waals surface area contributed by atoms with Crippen molar-refractivity contribution >= 4 is 37.4 Å². The van der Waals surface area contributed by atoms with E-state index in [1.165, 1.54) is 10.3 Å². The van der Waals surface area contributed by atoms with Gasteiger partial charge in [0, 0.05) is 15.6 Å². The van der Waals surface area contributed by atoms with Crippen LogP contribution in [0.4, 0.5) is 5.69 Å². The van der Waals surface area contributed by atoms with Gasteiger partial charge >= 0.3 is 0 Å². The summed E-state index contributed by atoms with van der Waals surface area (Å²) in [6.07, 6.45) is 1.55. The minimum absolute atomic E-state index is 0.120. The quantitative estimate of drug-likeness (QED) is 0.720. The normalized spacial score (nSPS) is 17.8. The molecule has 1 aliphatic heterocycles. The summed E-state index contributed by atoms with van der Waals surface area (Å²) < 4.78 is 30.1. The van der Waals surface area contributed by atoms with E-state index in [4.69, 9.17) is 4.74 Å². The van der Waals surface area contributed by atoms with Gasteiger partial charge in [-0.05, 0) is 49.4 Å². The van der Waals surface area contributed by atoms with Crippen molar-refractivity contribution in [3.63, 3.8) is 0 Å². The molecule has 0 aromatic heterocycles. The van der Waals surface area contributed by atoms with E-state index in [9.17, 15) is 13.2 Å². The zero-order chi connectivity index (χ0) is 18.7. The Labute approximate surface area is 161 Å². The molecule has 26 heavy (non-hydrogen) atoms. The Bertz CT molecular complexity index is 921. The van der Waals surface area contributed by atoms with Gasteiger partial charge < -0.3 is 9.64 Å². The molecule has 136 valence electrons. The maximum Gasteiger partial charge on any atom is 0.265 e. The van der Waals surface area contributed by atoms with E-state index in [1.54, 1.807) is 18.2 Å². The number of hydrogen-bond donors (Lipinski definition) is 0. The molecule has 2 aromatic carbocycles. The number of aryl methyl sites for hydroxylation is 1. The molecular weight excluding hydrogens is 418 g/mol. The third-order valence-corrected chi connectivity index (χ3v) is 5.91. The highest BCUT2D eigenvalue weighted by molar-refractivity contribution is 9.10. The predicted octanol–water partition coefficient (Wildman–Crippen LogP) is 3.48. The fraction of sp³-hybridized carbons (Fsp3) is 0.211. The van der Waals surface area contributed by atoms with Gasteiger partial charge in [-0.3, -0.25) is 4.79 Å². The van der Waals surface area contributed by atoms with E-state index in [0.717, 1.165) is 10.0 Å². The minimum Gasteiger partial charge on any atom is -0.484 e. The molecule has 2 aromatic rings. The number of anilines is 1. The molecule has 0 saturated carbocycles. The number of hydrogen-bond acceptors (Lipinski definition) is 4. The molecular formula is C19H18BrNO4S. The monoisotopic (exact) mass is 435 g/mol. The molecule has 0 bridgehead atoms. The van der Waals surface area contributed by atoms with Crippen LogP contribution in [0, 0.1) is 6.92 Å². The summed E-state index contributed by atoms with van der Waals surface area (Å²) in [6, 6.07) is 14.0. The van der Waals surface area contributed by atoms with Crippen LogP contribution in [0.25, 0.3) is 0 Å². The van der Waals surface area contributed by atoms with Gasteiger partial charge in [0.2, 0.25) is 0 Å². The first-order valence-corrected chi connectivity index (χ1v) is 10.5. The minimum atomic E-state index is -3.28. The molecule has 1 heterocycles. The summed E-state index contributed by atoms with van der Waals surface area (Å²) in [5.41, 5.74) is 1.70. The highest BCUT2D eigenvalue weighted by atomic mass is 79.9. The first-order valence-electron chi connectivity index (χ1n) is 8.02. The predicted molar refractivity (Wildman–Crippen MR) is 105 cm³/mol. The van der Waals surface area contributed by atoms with Gasteiger partial charge in [0.05, 0.1) is 11.8 Å². The van der Waals surface area contributed by atoms with Gasteiger partial charge in [0.25, 0.3) is 5.91 Å². The van der Waals surface area contributed by atoms with Crippen LogP contribution in [0.1, 0.15) is 5.56 Å².